The Morgan fingerprint density at radius 1 is 1.47 bits per heavy atom. The highest BCUT2D eigenvalue weighted by molar-refractivity contribution is 6.31. The summed E-state index contributed by atoms with van der Waals surface area (Å²) in [5, 5.41) is 4.99. The normalized spacial score (nSPS) is 27.1. The van der Waals surface area contributed by atoms with E-state index in [-0.39, 0.29) is 6.04 Å². The summed E-state index contributed by atoms with van der Waals surface area (Å²) in [5.74, 6) is 1.41. The van der Waals surface area contributed by atoms with Gasteiger partial charge in [-0.3, -0.25) is 4.68 Å². The number of halogens is 1. The molecule has 1 aromatic rings. The second-order valence-corrected chi connectivity index (χ2v) is 5.65. The van der Waals surface area contributed by atoms with Gasteiger partial charge in [0.15, 0.2) is 0 Å². The van der Waals surface area contributed by atoms with Crippen LogP contribution < -0.4 is 5.73 Å². The first-order valence-corrected chi connectivity index (χ1v) is 6.98. The lowest BCUT2D eigenvalue weighted by Gasteiger charge is -2.31. The number of rotatable bonds is 3. The summed E-state index contributed by atoms with van der Waals surface area (Å²) in [5.41, 5.74) is 7.41. The van der Waals surface area contributed by atoms with Crippen molar-refractivity contribution in [3.05, 3.63) is 16.9 Å². The van der Waals surface area contributed by atoms with Crippen LogP contribution in [-0.2, 0) is 6.54 Å². The summed E-state index contributed by atoms with van der Waals surface area (Å²) in [4.78, 5) is 0. The van der Waals surface area contributed by atoms with Gasteiger partial charge in [0.25, 0.3) is 0 Å². The van der Waals surface area contributed by atoms with Gasteiger partial charge in [-0.1, -0.05) is 31.4 Å². The van der Waals surface area contributed by atoms with Gasteiger partial charge in [0.1, 0.15) is 0 Å². The monoisotopic (exact) mass is 255 g/mol. The van der Waals surface area contributed by atoms with Gasteiger partial charge in [0.05, 0.1) is 23.0 Å². The van der Waals surface area contributed by atoms with Crippen LogP contribution in [-0.4, -0.2) is 9.78 Å². The highest BCUT2D eigenvalue weighted by atomic mass is 35.5. The Labute approximate surface area is 108 Å². The van der Waals surface area contributed by atoms with E-state index < -0.39 is 0 Å². The minimum Gasteiger partial charge on any atom is -0.322 e. The number of nitrogens with zero attached hydrogens (tertiary/aromatic N) is 2. The van der Waals surface area contributed by atoms with Crippen molar-refractivity contribution in [2.24, 2.45) is 17.6 Å². The van der Waals surface area contributed by atoms with Crippen molar-refractivity contribution in [3.63, 3.8) is 0 Å². The van der Waals surface area contributed by atoms with E-state index >= 15 is 0 Å². The van der Waals surface area contributed by atoms with E-state index in [0.717, 1.165) is 23.2 Å². The van der Waals surface area contributed by atoms with Crippen molar-refractivity contribution in [1.82, 2.24) is 9.78 Å². The molecule has 0 aromatic carbocycles. The molecule has 4 heteroatoms. The summed E-state index contributed by atoms with van der Waals surface area (Å²) in [6.07, 6.45) is 6.72. The number of hydrogen-bond donors (Lipinski definition) is 1. The summed E-state index contributed by atoms with van der Waals surface area (Å²) in [6.45, 7) is 5.23. The molecule has 1 saturated carbocycles. The van der Waals surface area contributed by atoms with Crippen LogP contribution in [0.15, 0.2) is 6.20 Å². The van der Waals surface area contributed by atoms with Crippen LogP contribution in [0.4, 0.5) is 0 Å². The van der Waals surface area contributed by atoms with E-state index in [1.165, 1.54) is 25.7 Å². The Morgan fingerprint density at radius 3 is 2.71 bits per heavy atom. The molecule has 2 rings (SSSR count). The smallest absolute Gasteiger partial charge is 0.0834 e. The molecular formula is C13H22ClN3. The first-order valence-electron chi connectivity index (χ1n) is 6.60. The highest BCUT2D eigenvalue weighted by Crippen LogP contribution is 2.37. The Hall–Kier alpha value is -0.540. The molecule has 1 aromatic heterocycles. The van der Waals surface area contributed by atoms with Crippen molar-refractivity contribution in [2.75, 3.05) is 0 Å². The van der Waals surface area contributed by atoms with Gasteiger partial charge in [0, 0.05) is 6.54 Å². The van der Waals surface area contributed by atoms with E-state index in [1.54, 1.807) is 6.20 Å². The predicted octanol–water partition coefficient (Wildman–Crippen LogP) is 3.38. The zero-order valence-corrected chi connectivity index (χ0v) is 11.5. The SMILES string of the molecule is CCn1ncc(Cl)c1C(N)C1CCC(C)CC1. The van der Waals surface area contributed by atoms with Crippen molar-refractivity contribution < 1.29 is 0 Å². The lowest BCUT2D eigenvalue weighted by molar-refractivity contribution is 0.250. The first kappa shape index (κ1) is 12.9. The fraction of sp³-hybridized carbons (Fsp3) is 0.769. The molecule has 0 radical (unpaired) electrons. The molecule has 0 saturated heterocycles. The average molecular weight is 256 g/mol. The maximum absolute atomic E-state index is 6.39. The molecule has 96 valence electrons. The van der Waals surface area contributed by atoms with Crippen molar-refractivity contribution >= 4 is 11.6 Å². The molecule has 17 heavy (non-hydrogen) atoms. The molecule has 1 fully saturated rings. The van der Waals surface area contributed by atoms with E-state index in [9.17, 15) is 0 Å². The van der Waals surface area contributed by atoms with Crippen molar-refractivity contribution in [3.8, 4) is 0 Å². The Balaban J connectivity index is 2.13. The summed E-state index contributed by atoms with van der Waals surface area (Å²) < 4.78 is 1.94. The second-order valence-electron chi connectivity index (χ2n) is 5.24. The van der Waals surface area contributed by atoms with E-state index in [4.69, 9.17) is 17.3 Å². The standard InChI is InChI=1S/C13H22ClN3/c1-3-17-13(11(14)8-16-17)12(15)10-6-4-9(2)5-7-10/h8-10,12H,3-7,15H2,1-2H3. The van der Waals surface area contributed by atoms with E-state index in [0.29, 0.717) is 5.92 Å². The Bertz CT molecular complexity index is 367. The quantitative estimate of drug-likeness (QED) is 0.900. The van der Waals surface area contributed by atoms with Crippen LogP contribution in [0.3, 0.4) is 0 Å². The Kier molecular flexibility index (Phi) is 4.10. The average Bonchev–Trinajstić information content (AvgIpc) is 2.70. The van der Waals surface area contributed by atoms with Crippen LogP contribution in [0.2, 0.25) is 5.02 Å². The van der Waals surface area contributed by atoms with Gasteiger partial charge in [-0.25, -0.2) is 0 Å². The first-order chi connectivity index (χ1) is 8.13. The predicted molar refractivity (Wildman–Crippen MR) is 71.0 cm³/mol. The molecular weight excluding hydrogens is 234 g/mol. The number of hydrogen-bond acceptors (Lipinski definition) is 2. The molecule has 3 nitrogen and oxygen atoms in total. The van der Waals surface area contributed by atoms with Crippen LogP contribution in [0.1, 0.15) is 51.3 Å². The summed E-state index contributed by atoms with van der Waals surface area (Å²) >= 11 is 6.20. The second kappa shape index (κ2) is 5.40. The minimum absolute atomic E-state index is 0.0393. The summed E-state index contributed by atoms with van der Waals surface area (Å²) in [6, 6.07) is 0.0393. The zero-order valence-electron chi connectivity index (χ0n) is 10.7. The van der Waals surface area contributed by atoms with Crippen LogP contribution in [0, 0.1) is 11.8 Å². The topological polar surface area (TPSA) is 43.8 Å². The highest BCUT2D eigenvalue weighted by Gasteiger charge is 2.28. The van der Waals surface area contributed by atoms with Crippen molar-refractivity contribution in [2.45, 2.75) is 52.1 Å². The van der Waals surface area contributed by atoms with E-state index in [1.807, 2.05) is 4.68 Å². The van der Waals surface area contributed by atoms with Gasteiger partial charge in [-0.15, -0.1) is 0 Å². The molecule has 1 aliphatic rings. The zero-order chi connectivity index (χ0) is 12.4. The largest absolute Gasteiger partial charge is 0.322 e. The van der Waals surface area contributed by atoms with Crippen LogP contribution in [0.5, 0.6) is 0 Å². The van der Waals surface area contributed by atoms with Gasteiger partial charge in [-0.05, 0) is 31.6 Å². The van der Waals surface area contributed by atoms with Gasteiger partial charge < -0.3 is 5.73 Å². The fourth-order valence-electron chi connectivity index (χ4n) is 2.82. The molecule has 0 spiro atoms. The molecule has 2 N–H and O–H groups in total. The third-order valence-corrected chi connectivity index (χ3v) is 4.31. The van der Waals surface area contributed by atoms with Crippen molar-refractivity contribution in [1.29, 1.82) is 0 Å². The lowest BCUT2D eigenvalue weighted by Crippen LogP contribution is -2.27. The molecule has 1 heterocycles. The number of nitrogens with two attached hydrogens (primary N) is 1. The number of aromatic nitrogens is 2. The maximum Gasteiger partial charge on any atom is 0.0834 e. The molecule has 0 aliphatic heterocycles. The van der Waals surface area contributed by atoms with Crippen LogP contribution in [0.25, 0.3) is 0 Å². The third kappa shape index (κ3) is 2.66. The molecule has 0 amide bonds. The Morgan fingerprint density at radius 2 is 2.12 bits per heavy atom. The van der Waals surface area contributed by atoms with Gasteiger partial charge in [0.2, 0.25) is 0 Å². The number of aryl methyl sites for hydroxylation is 1. The molecule has 1 unspecified atom stereocenters. The lowest BCUT2D eigenvalue weighted by atomic mass is 9.78. The van der Waals surface area contributed by atoms with Gasteiger partial charge >= 0.3 is 0 Å². The minimum atomic E-state index is 0.0393. The molecule has 1 atom stereocenters. The third-order valence-electron chi connectivity index (χ3n) is 4.02. The molecule has 1 aliphatic carbocycles. The summed E-state index contributed by atoms with van der Waals surface area (Å²) in [7, 11) is 0. The van der Waals surface area contributed by atoms with E-state index in [2.05, 4.69) is 18.9 Å². The van der Waals surface area contributed by atoms with Gasteiger partial charge in [-0.2, -0.15) is 5.10 Å². The fourth-order valence-corrected chi connectivity index (χ4v) is 3.09. The maximum atomic E-state index is 6.39. The molecule has 0 bridgehead atoms. The van der Waals surface area contributed by atoms with Crippen LogP contribution >= 0.6 is 11.6 Å².